The Morgan fingerprint density at radius 3 is 2.50 bits per heavy atom. The number of rotatable bonds is 8. The van der Waals surface area contributed by atoms with Crippen molar-refractivity contribution in [2.45, 2.75) is 52.4 Å². The minimum absolute atomic E-state index is 0.170. The van der Waals surface area contributed by atoms with E-state index in [0.29, 0.717) is 19.4 Å². The quantitative estimate of drug-likeness (QED) is 0.599. The third kappa shape index (κ3) is 4.54. The maximum absolute atomic E-state index is 11.7. The Balaban J connectivity index is 2.29. The van der Waals surface area contributed by atoms with E-state index >= 15 is 0 Å². The van der Waals surface area contributed by atoms with Gasteiger partial charge in [0.15, 0.2) is 0 Å². The lowest BCUT2D eigenvalue weighted by atomic mass is 9.82. The van der Waals surface area contributed by atoms with Crippen molar-refractivity contribution in [3.05, 3.63) is 11.6 Å². The van der Waals surface area contributed by atoms with Crippen LogP contribution < -0.4 is 10.6 Å². The molecule has 0 aromatic carbocycles. The number of allylic oxidation sites excluding steroid dienone is 1. The van der Waals surface area contributed by atoms with Gasteiger partial charge in [0.05, 0.1) is 5.41 Å². The van der Waals surface area contributed by atoms with Gasteiger partial charge in [0, 0.05) is 13.1 Å². The average molecular weight is 282 g/mol. The Bertz CT molecular complexity index is 373. The van der Waals surface area contributed by atoms with Crippen LogP contribution in [0.25, 0.3) is 0 Å². The molecule has 0 radical (unpaired) electrons. The minimum atomic E-state index is -0.856. The zero-order valence-corrected chi connectivity index (χ0v) is 12.5. The molecule has 0 heterocycles. The first-order valence-corrected chi connectivity index (χ1v) is 7.47. The van der Waals surface area contributed by atoms with Gasteiger partial charge in [-0.1, -0.05) is 25.5 Å². The highest BCUT2D eigenvalue weighted by molar-refractivity contribution is 5.78. The molecule has 20 heavy (non-hydrogen) atoms. The lowest BCUT2D eigenvalue weighted by Crippen LogP contribution is -2.46. The fourth-order valence-electron chi connectivity index (χ4n) is 2.49. The first-order chi connectivity index (χ1) is 9.54. The summed E-state index contributed by atoms with van der Waals surface area (Å²) in [6.07, 6.45) is 7.64. The van der Waals surface area contributed by atoms with E-state index in [1.807, 2.05) is 13.8 Å². The molecule has 0 unspecified atom stereocenters. The summed E-state index contributed by atoms with van der Waals surface area (Å²) in [6, 6.07) is -0.281. The summed E-state index contributed by atoms with van der Waals surface area (Å²) in [7, 11) is 0. The second kappa shape index (κ2) is 7.92. The van der Waals surface area contributed by atoms with E-state index in [1.54, 1.807) is 0 Å². The Morgan fingerprint density at radius 1 is 1.30 bits per heavy atom. The summed E-state index contributed by atoms with van der Waals surface area (Å²) in [5, 5.41) is 14.7. The van der Waals surface area contributed by atoms with Crippen molar-refractivity contribution in [3.63, 3.8) is 0 Å². The summed E-state index contributed by atoms with van der Waals surface area (Å²) >= 11 is 0. The summed E-state index contributed by atoms with van der Waals surface area (Å²) < 4.78 is 0. The number of hydrogen-bond acceptors (Lipinski definition) is 2. The Hall–Kier alpha value is -1.52. The van der Waals surface area contributed by atoms with Crippen molar-refractivity contribution in [3.8, 4) is 0 Å². The summed E-state index contributed by atoms with van der Waals surface area (Å²) in [6.45, 7) is 4.45. The van der Waals surface area contributed by atoms with Crippen LogP contribution in [0.1, 0.15) is 52.4 Å². The monoisotopic (exact) mass is 282 g/mol. The molecule has 0 aromatic rings. The van der Waals surface area contributed by atoms with Crippen LogP contribution in [0.15, 0.2) is 11.6 Å². The molecule has 1 rings (SSSR count). The predicted molar refractivity (Wildman–Crippen MR) is 78.6 cm³/mol. The molecule has 0 bridgehead atoms. The van der Waals surface area contributed by atoms with Crippen molar-refractivity contribution < 1.29 is 14.7 Å². The average Bonchev–Trinajstić information content (AvgIpc) is 2.93. The molecule has 0 aliphatic heterocycles. The van der Waals surface area contributed by atoms with Crippen LogP contribution in [0.4, 0.5) is 4.79 Å². The van der Waals surface area contributed by atoms with E-state index in [1.165, 1.54) is 12.0 Å². The van der Waals surface area contributed by atoms with Gasteiger partial charge in [-0.15, -0.1) is 0 Å². The van der Waals surface area contributed by atoms with E-state index in [0.717, 1.165) is 19.3 Å². The molecule has 0 fully saturated rings. The molecule has 1 aliphatic rings. The van der Waals surface area contributed by atoms with Gasteiger partial charge in [0.1, 0.15) is 0 Å². The van der Waals surface area contributed by atoms with Gasteiger partial charge in [-0.05, 0) is 38.5 Å². The standard InChI is InChI=1S/C15H26N2O3/c1-3-15(4-2,13(18)19)11-17-14(20)16-10-9-12-7-5-6-8-12/h7H,3-6,8-11H2,1-2H3,(H,18,19)(H2,16,17,20). The van der Waals surface area contributed by atoms with Gasteiger partial charge in [-0.2, -0.15) is 0 Å². The third-order valence-electron chi connectivity index (χ3n) is 4.26. The zero-order valence-electron chi connectivity index (χ0n) is 12.5. The number of carbonyl (C=O) groups excluding carboxylic acids is 1. The lowest BCUT2D eigenvalue weighted by Gasteiger charge is -2.26. The molecule has 1 aliphatic carbocycles. The predicted octanol–water partition coefficient (Wildman–Crippen LogP) is 2.68. The number of nitrogens with one attached hydrogen (secondary N) is 2. The summed E-state index contributed by atoms with van der Waals surface area (Å²) in [4.78, 5) is 23.0. The van der Waals surface area contributed by atoms with Gasteiger partial charge in [-0.3, -0.25) is 4.79 Å². The Morgan fingerprint density at radius 2 is 2.00 bits per heavy atom. The molecule has 0 spiro atoms. The van der Waals surface area contributed by atoms with Gasteiger partial charge < -0.3 is 15.7 Å². The van der Waals surface area contributed by atoms with E-state index < -0.39 is 11.4 Å². The Labute approximate surface area is 120 Å². The number of carboxylic acids is 1. The van der Waals surface area contributed by atoms with Gasteiger partial charge in [-0.25, -0.2) is 4.79 Å². The number of carboxylic acid groups (broad SMARTS) is 1. The van der Waals surface area contributed by atoms with Gasteiger partial charge >= 0.3 is 12.0 Å². The topological polar surface area (TPSA) is 78.4 Å². The molecule has 2 amide bonds. The van der Waals surface area contributed by atoms with Crippen molar-refractivity contribution in [2.75, 3.05) is 13.1 Å². The van der Waals surface area contributed by atoms with E-state index in [2.05, 4.69) is 16.7 Å². The zero-order chi connectivity index (χ0) is 15.0. The molecule has 0 atom stereocenters. The van der Waals surface area contributed by atoms with E-state index in [4.69, 9.17) is 0 Å². The number of urea groups is 1. The van der Waals surface area contributed by atoms with Crippen LogP contribution in [0.2, 0.25) is 0 Å². The second-order valence-corrected chi connectivity index (χ2v) is 5.41. The molecule has 3 N–H and O–H groups in total. The van der Waals surface area contributed by atoms with Gasteiger partial charge in [0.25, 0.3) is 0 Å². The van der Waals surface area contributed by atoms with Crippen molar-refractivity contribution >= 4 is 12.0 Å². The molecule has 0 aromatic heterocycles. The van der Waals surface area contributed by atoms with Crippen LogP contribution in [-0.4, -0.2) is 30.2 Å². The third-order valence-corrected chi connectivity index (χ3v) is 4.26. The number of amides is 2. The number of hydrogen-bond donors (Lipinski definition) is 3. The lowest BCUT2D eigenvalue weighted by molar-refractivity contribution is -0.149. The molecule has 5 nitrogen and oxygen atoms in total. The molecule has 5 heteroatoms. The fourth-order valence-corrected chi connectivity index (χ4v) is 2.49. The van der Waals surface area contributed by atoms with Crippen molar-refractivity contribution in [1.82, 2.24) is 10.6 Å². The van der Waals surface area contributed by atoms with Crippen LogP contribution in [0, 0.1) is 5.41 Å². The van der Waals surface area contributed by atoms with Crippen molar-refractivity contribution in [2.24, 2.45) is 5.41 Å². The Kier molecular flexibility index (Phi) is 6.55. The highest BCUT2D eigenvalue weighted by atomic mass is 16.4. The number of aliphatic carboxylic acids is 1. The molecule has 0 saturated carbocycles. The highest BCUT2D eigenvalue weighted by Crippen LogP contribution is 2.25. The van der Waals surface area contributed by atoms with E-state index in [9.17, 15) is 14.7 Å². The number of carbonyl (C=O) groups is 2. The molecule has 0 saturated heterocycles. The van der Waals surface area contributed by atoms with Gasteiger partial charge in [0.2, 0.25) is 0 Å². The van der Waals surface area contributed by atoms with Crippen LogP contribution >= 0.6 is 0 Å². The normalized spacial score (nSPS) is 14.8. The maximum Gasteiger partial charge on any atom is 0.314 e. The second-order valence-electron chi connectivity index (χ2n) is 5.41. The van der Waals surface area contributed by atoms with Crippen LogP contribution in [-0.2, 0) is 4.79 Å². The summed E-state index contributed by atoms with van der Waals surface area (Å²) in [5.41, 5.74) is 0.554. The van der Waals surface area contributed by atoms with Crippen molar-refractivity contribution in [1.29, 1.82) is 0 Å². The first kappa shape index (κ1) is 16.5. The SMILES string of the molecule is CCC(CC)(CNC(=O)NCCC1=CCCC1)C(=O)O. The largest absolute Gasteiger partial charge is 0.481 e. The molecular formula is C15H26N2O3. The van der Waals surface area contributed by atoms with E-state index in [-0.39, 0.29) is 12.6 Å². The van der Waals surface area contributed by atoms with Crippen LogP contribution in [0.3, 0.4) is 0 Å². The minimum Gasteiger partial charge on any atom is -0.481 e. The molecule has 114 valence electrons. The summed E-state index contributed by atoms with van der Waals surface area (Å²) in [5.74, 6) is -0.848. The maximum atomic E-state index is 11.7. The van der Waals surface area contributed by atoms with Crippen LogP contribution in [0.5, 0.6) is 0 Å². The highest BCUT2D eigenvalue weighted by Gasteiger charge is 2.35. The fraction of sp³-hybridized carbons (Fsp3) is 0.733. The smallest absolute Gasteiger partial charge is 0.314 e. The first-order valence-electron chi connectivity index (χ1n) is 7.47. The molecular weight excluding hydrogens is 256 g/mol.